The number of hydrogen-bond acceptors (Lipinski definition) is 2. The monoisotopic (exact) mass is 201 g/mol. The van der Waals surface area contributed by atoms with Gasteiger partial charge in [0, 0.05) is 20.0 Å². The molecule has 5 heteroatoms. The van der Waals surface area contributed by atoms with E-state index in [1.54, 1.807) is 0 Å². The smallest absolute Gasteiger partial charge is 0.315 e. The Morgan fingerprint density at radius 2 is 1.79 bits per heavy atom. The third kappa shape index (κ3) is 6.28. The summed E-state index contributed by atoms with van der Waals surface area (Å²) < 4.78 is 0. The van der Waals surface area contributed by atoms with Crippen molar-refractivity contribution in [2.45, 2.75) is 33.2 Å². The molecule has 14 heavy (non-hydrogen) atoms. The molecule has 3 N–H and O–H groups in total. The SMILES string of the molecule is CCNC(=O)NC(C)(C)CNC(C)=O. The first-order chi connectivity index (χ1) is 6.37. The highest BCUT2D eigenvalue weighted by Crippen LogP contribution is 1.98. The Kier molecular flexibility index (Phi) is 4.97. The van der Waals surface area contributed by atoms with Crippen LogP contribution in [-0.4, -0.2) is 30.6 Å². The Labute approximate surface area is 84.6 Å². The van der Waals surface area contributed by atoms with E-state index in [1.165, 1.54) is 6.92 Å². The maximum atomic E-state index is 11.2. The van der Waals surface area contributed by atoms with Gasteiger partial charge in [-0.05, 0) is 20.8 Å². The van der Waals surface area contributed by atoms with Gasteiger partial charge < -0.3 is 16.0 Å². The number of rotatable bonds is 4. The summed E-state index contributed by atoms with van der Waals surface area (Å²) >= 11 is 0. The standard InChI is InChI=1S/C9H19N3O2/c1-5-10-8(14)12-9(3,4)6-11-7(2)13/h5-6H2,1-4H3,(H,11,13)(H2,10,12,14). The predicted octanol–water partition coefficient (Wildman–Crippen LogP) is 0.220. The minimum absolute atomic E-state index is 0.101. The minimum Gasteiger partial charge on any atom is -0.354 e. The van der Waals surface area contributed by atoms with Crippen LogP contribution in [0.3, 0.4) is 0 Å². The van der Waals surface area contributed by atoms with Crippen molar-refractivity contribution in [2.24, 2.45) is 0 Å². The van der Waals surface area contributed by atoms with E-state index in [1.807, 2.05) is 20.8 Å². The van der Waals surface area contributed by atoms with Gasteiger partial charge in [-0.25, -0.2) is 4.79 Å². The summed E-state index contributed by atoms with van der Waals surface area (Å²) in [6, 6.07) is -0.220. The van der Waals surface area contributed by atoms with E-state index in [2.05, 4.69) is 16.0 Å². The van der Waals surface area contributed by atoms with E-state index in [-0.39, 0.29) is 11.9 Å². The van der Waals surface area contributed by atoms with Gasteiger partial charge in [0.05, 0.1) is 5.54 Å². The maximum absolute atomic E-state index is 11.2. The van der Waals surface area contributed by atoms with Crippen molar-refractivity contribution in [2.75, 3.05) is 13.1 Å². The van der Waals surface area contributed by atoms with Crippen LogP contribution in [0.1, 0.15) is 27.7 Å². The largest absolute Gasteiger partial charge is 0.354 e. The van der Waals surface area contributed by atoms with Crippen molar-refractivity contribution in [3.8, 4) is 0 Å². The van der Waals surface area contributed by atoms with Gasteiger partial charge in [-0.1, -0.05) is 0 Å². The number of carbonyl (C=O) groups is 2. The molecule has 0 aliphatic heterocycles. The molecule has 0 unspecified atom stereocenters. The van der Waals surface area contributed by atoms with Crippen LogP contribution in [0.25, 0.3) is 0 Å². The van der Waals surface area contributed by atoms with Gasteiger partial charge >= 0.3 is 6.03 Å². The summed E-state index contributed by atoms with van der Waals surface area (Å²) in [5.74, 6) is -0.101. The van der Waals surface area contributed by atoms with Crippen LogP contribution in [0.5, 0.6) is 0 Å². The van der Waals surface area contributed by atoms with Crippen molar-refractivity contribution in [1.82, 2.24) is 16.0 Å². The molecule has 0 atom stereocenters. The van der Waals surface area contributed by atoms with E-state index in [0.717, 1.165) is 0 Å². The number of nitrogens with one attached hydrogen (secondary N) is 3. The quantitative estimate of drug-likeness (QED) is 0.609. The molecule has 0 spiro atoms. The average molecular weight is 201 g/mol. The van der Waals surface area contributed by atoms with E-state index >= 15 is 0 Å². The van der Waals surface area contributed by atoms with Crippen LogP contribution >= 0.6 is 0 Å². The van der Waals surface area contributed by atoms with E-state index in [9.17, 15) is 9.59 Å². The van der Waals surface area contributed by atoms with Gasteiger partial charge in [0.1, 0.15) is 0 Å². The first-order valence-corrected chi connectivity index (χ1v) is 4.68. The Morgan fingerprint density at radius 1 is 1.21 bits per heavy atom. The highest BCUT2D eigenvalue weighted by atomic mass is 16.2. The molecule has 0 bridgehead atoms. The lowest BCUT2D eigenvalue weighted by atomic mass is 10.1. The molecule has 3 amide bonds. The lowest BCUT2D eigenvalue weighted by Crippen LogP contribution is -2.54. The molecule has 0 radical (unpaired) electrons. The van der Waals surface area contributed by atoms with Crippen molar-refractivity contribution in [1.29, 1.82) is 0 Å². The molecule has 82 valence electrons. The summed E-state index contributed by atoms with van der Waals surface area (Å²) in [6.45, 7) is 7.99. The van der Waals surface area contributed by atoms with Crippen LogP contribution in [0.4, 0.5) is 4.79 Å². The van der Waals surface area contributed by atoms with Crippen molar-refractivity contribution < 1.29 is 9.59 Å². The highest BCUT2D eigenvalue weighted by Gasteiger charge is 2.19. The minimum atomic E-state index is -0.440. The second kappa shape index (κ2) is 5.47. The molecule has 0 saturated carbocycles. The molecular weight excluding hydrogens is 182 g/mol. The molecule has 5 nitrogen and oxygen atoms in total. The van der Waals surface area contributed by atoms with E-state index in [4.69, 9.17) is 0 Å². The fourth-order valence-electron chi connectivity index (χ4n) is 0.902. The zero-order chi connectivity index (χ0) is 11.2. The summed E-state index contributed by atoms with van der Waals surface area (Å²) in [6.07, 6.45) is 0. The fourth-order valence-corrected chi connectivity index (χ4v) is 0.902. The van der Waals surface area contributed by atoms with E-state index in [0.29, 0.717) is 13.1 Å². The van der Waals surface area contributed by atoms with Gasteiger partial charge in [-0.3, -0.25) is 4.79 Å². The number of urea groups is 1. The molecule has 0 rings (SSSR count). The molecule has 0 fully saturated rings. The van der Waals surface area contributed by atoms with Gasteiger partial charge in [-0.15, -0.1) is 0 Å². The van der Waals surface area contributed by atoms with Crippen LogP contribution < -0.4 is 16.0 Å². The first-order valence-electron chi connectivity index (χ1n) is 4.68. The third-order valence-electron chi connectivity index (χ3n) is 1.57. The molecule has 0 aromatic heterocycles. The average Bonchev–Trinajstić information content (AvgIpc) is 2.00. The number of carbonyl (C=O) groups excluding carboxylic acids is 2. The Hall–Kier alpha value is -1.26. The molecule has 0 aliphatic rings. The molecule has 0 aromatic rings. The zero-order valence-electron chi connectivity index (χ0n) is 9.23. The van der Waals surface area contributed by atoms with Gasteiger partial charge in [0.2, 0.25) is 5.91 Å². The van der Waals surface area contributed by atoms with Crippen molar-refractivity contribution in [3.05, 3.63) is 0 Å². The molecule has 0 saturated heterocycles. The van der Waals surface area contributed by atoms with E-state index < -0.39 is 5.54 Å². The number of hydrogen-bond donors (Lipinski definition) is 3. The highest BCUT2D eigenvalue weighted by molar-refractivity contribution is 5.75. The topological polar surface area (TPSA) is 70.2 Å². The fraction of sp³-hybridized carbons (Fsp3) is 0.778. The second-order valence-corrected chi connectivity index (χ2v) is 3.78. The van der Waals surface area contributed by atoms with Gasteiger partial charge in [0.15, 0.2) is 0 Å². The summed E-state index contributed by atoms with van der Waals surface area (Å²) in [4.78, 5) is 21.8. The zero-order valence-corrected chi connectivity index (χ0v) is 9.23. The lowest BCUT2D eigenvalue weighted by molar-refractivity contribution is -0.119. The molecular formula is C9H19N3O2. The van der Waals surface area contributed by atoms with Crippen LogP contribution in [0, 0.1) is 0 Å². The van der Waals surface area contributed by atoms with Crippen molar-refractivity contribution >= 4 is 11.9 Å². The molecule has 0 aliphatic carbocycles. The van der Waals surface area contributed by atoms with Crippen molar-refractivity contribution in [3.63, 3.8) is 0 Å². The summed E-state index contributed by atoms with van der Waals surface area (Å²) in [7, 11) is 0. The Balaban J connectivity index is 3.93. The Morgan fingerprint density at radius 3 is 2.21 bits per heavy atom. The van der Waals surface area contributed by atoms with Gasteiger partial charge in [0.25, 0.3) is 0 Å². The lowest BCUT2D eigenvalue weighted by Gasteiger charge is -2.26. The molecule has 0 aromatic carbocycles. The molecule has 0 heterocycles. The number of amides is 3. The summed E-state index contributed by atoms with van der Waals surface area (Å²) in [5, 5.41) is 8.03. The van der Waals surface area contributed by atoms with Crippen LogP contribution in [0.15, 0.2) is 0 Å². The second-order valence-electron chi connectivity index (χ2n) is 3.78. The third-order valence-corrected chi connectivity index (χ3v) is 1.57. The first kappa shape index (κ1) is 12.7. The van der Waals surface area contributed by atoms with Crippen LogP contribution in [0.2, 0.25) is 0 Å². The normalized spacial score (nSPS) is 10.6. The summed E-state index contributed by atoms with van der Waals surface area (Å²) in [5.41, 5.74) is -0.440. The Bertz CT molecular complexity index is 214. The maximum Gasteiger partial charge on any atom is 0.315 e. The van der Waals surface area contributed by atoms with Gasteiger partial charge in [-0.2, -0.15) is 0 Å². The predicted molar refractivity (Wildman–Crippen MR) is 55.0 cm³/mol. The van der Waals surface area contributed by atoms with Crippen LogP contribution in [-0.2, 0) is 4.79 Å².